The van der Waals surface area contributed by atoms with Crippen LogP contribution in [0.15, 0.2) is 46.8 Å². The highest BCUT2D eigenvalue weighted by Gasteiger charge is 2.39. The quantitative estimate of drug-likeness (QED) is 0.695. The van der Waals surface area contributed by atoms with Crippen LogP contribution in [0.1, 0.15) is 31.4 Å². The maximum Gasteiger partial charge on any atom is 0.222 e. The summed E-state index contributed by atoms with van der Waals surface area (Å²) in [6.07, 6.45) is 9.29. The first-order valence-electron chi connectivity index (χ1n) is 8.20. The van der Waals surface area contributed by atoms with Gasteiger partial charge >= 0.3 is 0 Å². The van der Waals surface area contributed by atoms with E-state index in [0.29, 0.717) is 32.2 Å². The van der Waals surface area contributed by atoms with Gasteiger partial charge in [-0.05, 0) is 12.1 Å². The first-order chi connectivity index (χ1) is 12.1. The van der Waals surface area contributed by atoms with Crippen molar-refractivity contribution in [1.82, 2.24) is 19.9 Å². The van der Waals surface area contributed by atoms with Gasteiger partial charge in [0.05, 0.1) is 18.4 Å². The fourth-order valence-corrected chi connectivity index (χ4v) is 2.55. The zero-order chi connectivity index (χ0) is 17.7. The second-order valence-corrected chi connectivity index (χ2v) is 6.10. The smallest absolute Gasteiger partial charge is 0.222 e. The van der Waals surface area contributed by atoms with Crippen molar-refractivity contribution in [1.29, 1.82) is 0 Å². The lowest BCUT2D eigenvalue weighted by atomic mass is 10.0. The molecule has 7 nitrogen and oxygen atoms in total. The summed E-state index contributed by atoms with van der Waals surface area (Å²) >= 11 is 0. The summed E-state index contributed by atoms with van der Waals surface area (Å²) in [4.78, 5) is 15.5. The minimum atomic E-state index is -0.417. The van der Waals surface area contributed by atoms with Crippen LogP contribution < -0.4 is 0 Å². The van der Waals surface area contributed by atoms with Crippen LogP contribution in [-0.4, -0.2) is 38.5 Å². The molecule has 0 fully saturated rings. The Labute approximate surface area is 146 Å². The number of carbonyl (C=O) groups is 1. The standard InChI is InChI=1S/C18H20N6O/c1-3-4-11-18(21-22-18)12-10-17(25)23(2)14-15-13-19-24(20-15)16-8-6-5-7-9-16/h1,5-9,13H,4,10-12,14H2,2H3. The van der Waals surface area contributed by atoms with Gasteiger partial charge in [-0.25, -0.2) is 0 Å². The number of terminal acetylenes is 1. The average Bonchev–Trinajstić information content (AvgIpc) is 3.27. The number of hydrogen-bond acceptors (Lipinski definition) is 5. The average molecular weight is 336 g/mol. The molecule has 0 saturated carbocycles. The van der Waals surface area contributed by atoms with Crippen LogP contribution >= 0.6 is 0 Å². The molecule has 0 aliphatic carbocycles. The van der Waals surface area contributed by atoms with Crippen LogP contribution in [0.2, 0.25) is 0 Å². The Morgan fingerprint density at radius 3 is 2.72 bits per heavy atom. The molecular weight excluding hydrogens is 316 g/mol. The summed E-state index contributed by atoms with van der Waals surface area (Å²) in [5.74, 6) is 2.62. The summed E-state index contributed by atoms with van der Waals surface area (Å²) in [6.45, 7) is 0.414. The summed E-state index contributed by atoms with van der Waals surface area (Å²) in [6, 6.07) is 9.65. The van der Waals surface area contributed by atoms with E-state index in [1.54, 1.807) is 22.9 Å². The minimum Gasteiger partial charge on any atom is -0.340 e. The van der Waals surface area contributed by atoms with Crippen molar-refractivity contribution in [3.05, 3.63) is 42.2 Å². The highest BCUT2D eigenvalue weighted by atomic mass is 16.2. The van der Waals surface area contributed by atoms with E-state index in [-0.39, 0.29) is 5.91 Å². The number of rotatable bonds is 8. The zero-order valence-electron chi connectivity index (χ0n) is 14.2. The van der Waals surface area contributed by atoms with Crippen molar-refractivity contribution in [2.75, 3.05) is 7.05 Å². The second-order valence-electron chi connectivity index (χ2n) is 6.10. The van der Waals surface area contributed by atoms with E-state index < -0.39 is 5.66 Å². The molecule has 1 aromatic carbocycles. The molecule has 1 aliphatic heterocycles. The fourth-order valence-electron chi connectivity index (χ4n) is 2.55. The molecule has 0 N–H and O–H groups in total. The van der Waals surface area contributed by atoms with Crippen LogP contribution in [0.4, 0.5) is 0 Å². The van der Waals surface area contributed by atoms with Crippen LogP contribution in [0.3, 0.4) is 0 Å². The van der Waals surface area contributed by atoms with Crippen molar-refractivity contribution in [2.24, 2.45) is 10.2 Å². The molecule has 3 rings (SSSR count). The normalized spacial score (nSPS) is 14.1. The van der Waals surface area contributed by atoms with E-state index in [0.717, 1.165) is 11.4 Å². The third kappa shape index (κ3) is 4.29. The van der Waals surface area contributed by atoms with Crippen molar-refractivity contribution in [3.8, 4) is 18.0 Å². The first-order valence-corrected chi connectivity index (χ1v) is 8.20. The summed E-state index contributed by atoms with van der Waals surface area (Å²) in [5.41, 5.74) is 1.21. The number of amides is 1. The van der Waals surface area contributed by atoms with Gasteiger partial charge in [0, 0.05) is 32.7 Å². The van der Waals surface area contributed by atoms with Crippen molar-refractivity contribution < 1.29 is 4.79 Å². The molecule has 2 aromatic rings. The molecule has 0 radical (unpaired) electrons. The summed E-state index contributed by atoms with van der Waals surface area (Å²) in [7, 11) is 1.76. The Morgan fingerprint density at radius 2 is 2.04 bits per heavy atom. The van der Waals surface area contributed by atoms with Gasteiger partial charge in [-0.15, -0.1) is 12.3 Å². The van der Waals surface area contributed by atoms with E-state index in [1.165, 1.54) is 0 Å². The zero-order valence-corrected chi connectivity index (χ0v) is 14.2. The highest BCUT2D eigenvalue weighted by Crippen LogP contribution is 2.37. The van der Waals surface area contributed by atoms with E-state index in [4.69, 9.17) is 6.42 Å². The number of benzene rings is 1. The van der Waals surface area contributed by atoms with E-state index in [9.17, 15) is 4.79 Å². The van der Waals surface area contributed by atoms with Crippen LogP contribution in [0.5, 0.6) is 0 Å². The maximum atomic E-state index is 12.3. The Hall–Kier alpha value is -3.01. The maximum absolute atomic E-state index is 12.3. The van der Waals surface area contributed by atoms with Gasteiger partial charge < -0.3 is 4.90 Å². The predicted octanol–water partition coefficient (Wildman–Crippen LogP) is 2.58. The molecule has 1 aliphatic rings. The number of para-hydroxylation sites is 1. The van der Waals surface area contributed by atoms with E-state index in [1.807, 2.05) is 30.3 Å². The summed E-state index contributed by atoms with van der Waals surface area (Å²) in [5, 5.41) is 16.8. The molecule has 25 heavy (non-hydrogen) atoms. The fraction of sp³-hybridized carbons (Fsp3) is 0.389. The van der Waals surface area contributed by atoms with Crippen molar-refractivity contribution in [3.63, 3.8) is 0 Å². The molecule has 0 spiro atoms. The van der Waals surface area contributed by atoms with Gasteiger partial charge in [-0.1, -0.05) is 18.2 Å². The lowest BCUT2D eigenvalue weighted by Gasteiger charge is -2.16. The number of hydrogen-bond donors (Lipinski definition) is 0. The highest BCUT2D eigenvalue weighted by molar-refractivity contribution is 5.75. The molecule has 128 valence electrons. The molecule has 0 atom stereocenters. The molecule has 7 heteroatoms. The number of aromatic nitrogens is 3. The SMILES string of the molecule is C#CCCC1(CCC(=O)N(C)Cc2cnn(-c3ccccc3)n2)N=N1. The Morgan fingerprint density at radius 1 is 1.28 bits per heavy atom. The predicted molar refractivity (Wildman–Crippen MR) is 92.7 cm³/mol. The van der Waals surface area contributed by atoms with Crippen LogP contribution in [0.25, 0.3) is 5.69 Å². The van der Waals surface area contributed by atoms with Gasteiger partial charge in [0.1, 0.15) is 5.69 Å². The number of carbonyl (C=O) groups excluding carboxylic acids is 1. The van der Waals surface area contributed by atoms with Gasteiger partial charge in [-0.3, -0.25) is 4.79 Å². The molecule has 1 aromatic heterocycles. The monoisotopic (exact) mass is 336 g/mol. The first kappa shape index (κ1) is 16.8. The Kier molecular flexibility index (Phi) is 4.89. The molecular formula is C18H20N6O. The van der Waals surface area contributed by atoms with Crippen LogP contribution in [0, 0.1) is 12.3 Å². The third-order valence-electron chi connectivity index (χ3n) is 4.14. The van der Waals surface area contributed by atoms with Gasteiger partial charge in [0.2, 0.25) is 5.91 Å². The topological polar surface area (TPSA) is 75.7 Å². The molecule has 0 bridgehead atoms. The van der Waals surface area contributed by atoms with Crippen molar-refractivity contribution >= 4 is 5.91 Å². The molecule has 2 heterocycles. The van der Waals surface area contributed by atoms with E-state index in [2.05, 4.69) is 26.3 Å². The lowest BCUT2D eigenvalue weighted by Crippen LogP contribution is -2.27. The third-order valence-corrected chi connectivity index (χ3v) is 4.14. The lowest BCUT2D eigenvalue weighted by molar-refractivity contribution is -0.130. The Bertz CT molecular complexity index is 798. The van der Waals surface area contributed by atoms with Gasteiger partial charge in [-0.2, -0.15) is 25.2 Å². The second kappa shape index (κ2) is 7.26. The summed E-state index contributed by atoms with van der Waals surface area (Å²) < 4.78 is 0. The van der Waals surface area contributed by atoms with Crippen LogP contribution in [-0.2, 0) is 11.3 Å². The van der Waals surface area contributed by atoms with Crippen molar-refractivity contribution in [2.45, 2.75) is 37.9 Å². The van der Waals surface area contributed by atoms with Gasteiger partial charge in [0.15, 0.2) is 5.66 Å². The molecule has 1 amide bonds. The van der Waals surface area contributed by atoms with Gasteiger partial charge in [0.25, 0.3) is 0 Å². The van der Waals surface area contributed by atoms with E-state index >= 15 is 0 Å². The largest absolute Gasteiger partial charge is 0.340 e. The number of nitrogens with zero attached hydrogens (tertiary/aromatic N) is 6. The Balaban J connectivity index is 1.50. The minimum absolute atomic E-state index is 0.0339. The molecule has 0 saturated heterocycles. The molecule has 0 unspecified atom stereocenters.